The van der Waals surface area contributed by atoms with Crippen molar-refractivity contribution in [2.45, 2.75) is 58.9 Å². The number of hydrogen-bond acceptors (Lipinski definition) is 4. The maximum atomic E-state index is 12.7. The van der Waals surface area contributed by atoms with Crippen molar-refractivity contribution >= 4 is 17.6 Å². The molecule has 0 spiro atoms. The molecule has 8 nitrogen and oxygen atoms in total. The molecule has 1 aliphatic rings. The number of carboxylic acid groups (broad SMARTS) is 1. The molecule has 2 heterocycles. The second kappa shape index (κ2) is 7.77. The van der Waals surface area contributed by atoms with Crippen molar-refractivity contribution in [2.24, 2.45) is 0 Å². The maximum absolute atomic E-state index is 12.7. The summed E-state index contributed by atoms with van der Waals surface area (Å²) in [6.07, 6.45) is 4.85. The van der Waals surface area contributed by atoms with Gasteiger partial charge in [0.05, 0.1) is 30.0 Å². The molecular formula is C19H24N4O4. The highest BCUT2D eigenvalue weighted by molar-refractivity contribution is 6.04. The largest absolute Gasteiger partial charge is 0.481 e. The SMILES string of the molecule is Cc1nn(CCC(=O)O)c(C)c1NC(=O)c1cc2c([nH]c1=O)CCCCC2. The van der Waals surface area contributed by atoms with Crippen LogP contribution in [0.1, 0.15) is 58.7 Å². The number of aryl methyl sites for hydroxylation is 4. The van der Waals surface area contributed by atoms with Gasteiger partial charge in [0, 0.05) is 5.69 Å². The van der Waals surface area contributed by atoms with Gasteiger partial charge in [0.1, 0.15) is 5.56 Å². The first-order chi connectivity index (χ1) is 12.9. The number of carbonyl (C=O) groups excluding carboxylic acids is 1. The number of nitrogens with one attached hydrogen (secondary N) is 2. The highest BCUT2D eigenvalue weighted by Gasteiger charge is 2.20. The summed E-state index contributed by atoms with van der Waals surface area (Å²) in [6, 6.07) is 1.70. The number of rotatable bonds is 5. The Morgan fingerprint density at radius 1 is 1.26 bits per heavy atom. The fourth-order valence-electron chi connectivity index (χ4n) is 3.50. The lowest BCUT2D eigenvalue weighted by atomic mass is 10.1. The minimum absolute atomic E-state index is 0.0557. The van der Waals surface area contributed by atoms with E-state index in [-0.39, 0.29) is 24.1 Å². The normalized spacial score (nSPS) is 13.7. The van der Waals surface area contributed by atoms with E-state index in [0.29, 0.717) is 17.1 Å². The first kappa shape index (κ1) is 18.9. The van der Waals surface area contributed by atoms with Crippen LogP contribution in [0.3, 0.4) is 0 Å². The lowest BCUT2D eigenvalue weighted by molar-refractivity contribution is -0.137. The first-order valence-electron chi connectivity index (χ1n) is 9.19. The monoisotopic (exact) mass is 372 g/mol. The fraction of sp³-hybridized carbons (Fsp3) is 0.474. The number of nitrogens with zero attached hydrogens (tertiary/aromatic N) is 2. The molecular weight excluding hydrogens is 348 g/mol. The molecule has 0 saturated heterocycles. The van der Waals surface area contributed by atoms with E-state index in [4.69, 9.17) is 5.11 Å². The van der Waals surface area contributed by atoms with E-state index in [9.17, 15) is 14.4 Å². The van der Waals surface area contributed by atoms with Crippen molar-refractivity contribution < 1.29 is 14.7 Å². The quantitative estimate of drug-likeness (QED) is 0.696. The number of H-pyrrole nitrogens is 1. The molecule has 8 heteroatoms. The summed E-state index contributed by atoms with van der Waals surface area (Å²) in [5.41, 5.74) is 3.42. The highest BCUT2D eigenvalue weighted by Crippen LogP contribution is 2.22. The van der Waals surface area contributed by atoms with E-state index in [0.717, 1.165) is 43.4 Å². The number of aromatic amines is 1. The number of amides is 1. The van der Waals surface area contributed by atoms with Crippen LogP contribution < -0.4 is 10.9 Å². The van der Waals surface area contributed by atoms with Gasteiger partial charge in [-0.2, -0.15) is 5.10 Å². The van der Waals surface area contributed by atoms with Crippen molar-refractivity contribution in [3.8, 4) is 0 Å². The minimum atomic E-state index is -0.912. The Labute approximate surface area is 156 Å². The number of fused-ring (bicyclic) bond motifs is 1. The van der Waals surface area contributed by atoms with E-state index in [2.05, 4.69) is 15.4 Å². The summed E-state index contributed by atoms with van der Waals surface area (Å²) in [4.78, 5) is 38.7. The second-order valence-electron chi connectivity index (χ2n) is 6.94. The molecule has 0 aliphatic heterocycles. The van der Waals surface area contributed by atoms with Gasteiger partial charge >= 0.3 is 5.97 Å². The molecule has 2 aromatic rings. The van der Waals surface area contributed by atoms with Crippen LogP contribution in [-0.2, 0) is 24.2 Å². The predicted octanol–water partition coefficient (Wildman–Crippen LogP) is 2.18. The van der Waals surface area contributed by atoms with Crippen LogP contribution in [0.4, 0.5) is 5.69 Å². The van der Waals surface area contributed by atoms with E-state index >= 15 is 0 Å². The molecule has 0 bridgehead atoms. The molecule has 0 unspecified atom stereocenters. The third kappa shape index (κ3) is 4.10. The predicted molar refractivity (Wildman–Crippen MR) is 100 cm³/mol. The van der Waals surface area contributed by atoms with Crippen molar-refractivity contribution in [3.05, 3.63) is 44.6 Å². The van der Waals surface area contributed by atoms with Crippen molar-refractivity contribution in [1.82, 2.24) is 14.8 Å². The second-order valence-corrected chi connectivity index (χ2v) is 6.94. The number of aromatic nitrogens is 3. The van der Waals surface area contributed by atoms with E-state index in [1.165, 1.54) is 0 Å². The summed E-state index contributed by atoms with van der Waals surface area (Å²) in [5.74, 6) is -1.39. The third-order valence-corrected chi connectivity index (χ3v) is 4.99. The Balaban J connectivity index is 1.85. The zero-order valence-electron chi connectivity index (χ0n) is 15.6. The van der Waals surface area contributed by atoms with Gasteiger partial charge in [0.25, 0.3) is 11.5 Å². The van der Waals surface area contributed by atoms with Crippen LogP contribution in [0, 0.1) is 13.8 Å². The summed E-state index contributed by atoms with van der Waals surface area (Å²) < 4.78 is 1.56. The summed E-state index contributed by atoms with van der Waals surface area (Å²) >= 11 is 0. The first-order valence-corrected chi connectivity index (χ1v) is 9.19. The van der Waals surface area contributed by atoms with Gasteiger partial charge in [-0.25, -0.2) is 0 Å². The molecule has 1 aliphatic carbocycles. The van der Waals surface area contributed by atoms with Gasteiger partial charge in [-0.15, -0.1) is 0 Å². The molecule has 2 aromatic heterocycles. The van der Waals surface area contributed by atoms with Gasteiger partial charge in [-0.05, 0) is 51.2 Å². The van der Waals surface area contributed by atoms with Crippen molar-refractivity contribution in [1.29, 1.82) is 0 Å². The molecule has 3 N–H and O–H groups in total. The molecule has 0 atom stereocenters. The zero-order chi connectivity index (χ0) is 19.6. The number of anilines is 1. The Kier molecular flexibility index (Phi) is 5.43. The van der Waals surface area contributed by atoms with Gasteiger partial charge in [0.15, 0.2) is 0 Å². The molecule has 0 radical (unpaired) electrons. The summed E-state index contributed by atoms with van der Waals surface area (Å²) in [7, 11) is 0. The Morgan fingerprint density at radius 3 is 2.74 bits per heavy atom. The van der Waals surface area contributed by atoms with Crippen LogP contribution in [0.5, 0.6) is 0 Å². The van der Waals surface area contributed by atoms with Crippen LogP contribution in [-0.4, -0.2) is 31.7 Å². The van der Waals surface area contributed by atoms with Gasteiger partial charge in [-0.1, -0.05) is 6.42 Å². The van der Waals surface area contributed by atoms with E-state index in [1.54, 1.807) is 24.6 Å². The molecule has 0 aromatic carbocycles. The van der Waals surface area contributed by atoms with Crippen LogP contribution in [0.25, 0.3) is 0 Å². The number of pyridine rings is 1. The van der Waals surface area contributed by atoms with Gasteiger partial charge in [-0.3, -0.25) is 19.1 Å². The Morgan fingerprint density at radius 2 is 2.00 bits per heavy atom. The number of carboxylic acids is 1. The lowest BCUT2D eigenvalue weighted by Crippen LogP contribution is -2.25. The molecule has 3 rings (SSSR count). The smallest absolute Gasteiger partial charge is 0.305 e. The average Bonchev–Trinajstić information content (AvgIpc) is 2.78. The molecule has 27 heavy (non-hydrogen) atoms. The van der Waals surface area contributed by atoms with E-state index < -0.39 is 11.9 Å². The van der Waals surface area contributed by atoms with Crippen molar-refractivity contribution in [2.75, 3.05) is 5.32 Å². The summed E-state index contributed by atoms with van der Waals surface area (Å²) in [5, 5.41) is 15.9. The Hall–Kier alpha value is -2.90. The zero-order valence-corrected chi connectivity index (χ0v) is 15.6. The minimum Gasteiger partial charge on any atom is -0.481 e. The van der Waals surface area contributed by atoms with Gasteiger partial charge < -0.3 is 15.4 Å². The number of carbonyl (C=O) groups is 2. The molecule has 0 saturated carbocycles. The topological polar surface area (TPSA) is 117 Å². The summed E-state index contributed by atoms with van der Waals surface area (Å²) in [6.45, 7) is 3.72. The Bertz CT molecular complexity index is 942. The molecule has 144 valence electrons. The molecule has 1 amide bonds. The van der Waals surface area contributed by atoms with Crippen LogP contribution in [0.15, 0.2) is 10.9 Å². The number of hydrogen-bond donors (Lipinski definition) is 3. The number of aliphatic carboxylic acids is 1. The highest BCUT2D eigenvalue weighted by atomic mass is 16.4. The van der Waals surface area contributed by atoms with Crippen LogP contribution in [0.2, 0.25) is 0 Å². The van der Waals surface area contributed by atoms with Crippen molar-refractivity contribution in [3.63, 3.8) is 0 Å². The maximum Gasteiger partial charge on any atom is 0.305 e. The fourth-order valence-corrected chi connectivity index (χ4v) is 3.50. The van der Waals surface area contributed by atoms with Crippen LogP contribution >= 0.6 is 0 Å². The lowest BCUT2D eigenvalue weighted by Gasteiger charge is -2.10. The third-order valence-electron chi connectivity index (χ3n) is 4.99. The molecule has 0 fully saturated rings. The van der Waals surface area contributed by atoms with E-state index in [1.807, 2.05) is 0 Å². The standard InChI is InChI=1S/C19H24N4O4/c1-11-17(12(2)23(22-11)9-8-16(24)25)21-19(27)14-10-13-6-4-3-5-7-15(13)20-18(14)26/h10H,3-9H2,1-2H3,(H,20,26)(H,21,27)(H,24,25). The average molecular weight is 372 g/mol. The van der Waals surface area contributed by atoms with Gasteiger partial charge in [0.2, 0.25) is 0 Å².